The van der Waals surface area contributed by atoms with Crippen molar-refractivity contribution in [3.8, 4) is 16.6 Å². The maximum Gasteiger partial charge on any atom is 0.260 e. The molecule has 1 fully saturated rings. The van der Waals surface area contributed by atoms with Crippen molar-refractivity contribution in [2.45, 2.75) is 12.0 Å². The fourth-order valence-corrected chi connectivity index (χ4v) is 3.41. The van der Waals surface area contributed by atoms with E-state index in [0.29, 0.717) is 18.1 Å². The Labute approximate surface area is 138 Å². The monoisotopic (exact) mass is 328 g/mol. The second-order valence-corrected chi connectivity index (χ2v) is 6.35. The van der Waals surface area contributed by atoms with Gasteiger partial charge in [0.1, 0.15) is 0 Å². The van der Waals surface area contributed by atoms with E-state index in [0.717, 1.165) is 10.4 Å². The fourth-order valence-electron chi connectivity index (χ4n) is 2.59. The van der Waals surface area contributed by atoms with Crippen molar-refractivity contribution in [2.24, 2.45) is 0 Å². The predicted molar refractivity (Wildman–Crippen MR) is 87.7 cm³/mol. The summed E-state index contributed by atoms with van der Waals surface area (Å²) in [4.78, 5) is 19.3. The minimum atomic E-state index is -0.992. The van der Waals surface area contributed by atoms with E-state index in [1.165, 1.54) is 23.3 Å². The Hall–Kier alpha value is -2.43. The third-order valence-electron chi connectivity index (χ3n) is 3.96. The molecule has 7 heteroatoms. The Morgan fingerprint density at radius 2 is 2.26 bits per heavy atom. The van der Waals surface area contributed by atoms with Gasteiger partial charge in [0, 0.05) is 26.3 Å². The number of nitriles is 1. The Morgan fingerprint density at radius 1 is 1.48 bits per heavy atom. The average Bonchev–Trinajstić information content (AvgIpc) is 3.23. The second kappa shape index (κ2) is 6.36. The summed E-state index contributed by atoms with van der Waals surface area (Å²) in [6, 6.07) is 9.87. The molecule has 2 heterocycles. The summed E-state index contributed by atoms with van der Waals surface area (Å²) in [7, 11) is 1.50. The highest BCUT2D eigenvalue weighted by Crippen LogP contribution is 2.31. The largest absolute Gasteiger partial charge is 0.366 e. The highest BCUT2D eigenvalue weighted by Gasteiger charge is 2.45. The standard InChI is InChI=1S/C16H16N4O2S/c1-22-16(7-8-20(10-16)11-17)14(21)19-15-18-9-13(23-15)12-5-3-2-4-6-12/h2-6,9H,7-8,10H2,1H3,(H,18,19,21). The number of hydrogen-bond donors (Lipinski definition) is 1. The Morgan fingerprint density at radius 3 is 2.91 bits per heavy atom. The van der Waals surface area contributed by atoms with Gasteiger partial charge >= 0.3 is 0 Å². The lowest BCUT2D eigenvalue weighted by Gasteiger charge is -2.24. The first-order valence-electron chi connectivity index (χ1n) is 7.19. The summed E-state index contributed by atoms with van der Waals surface area (Å²) in [6.07, 6.45) is 4.28. The second-order valence-electron chi connectivity index (χ2n) is 5.32. The molecule has 118 valence electrons. The van der Waals surface area contributed by atoms with Gasteiger partial charge in [0.2, 0.25) is 0 Å². The zero-order chi connectivity index (χ0) is 16.3. The summed E-state index contributed by atoms with van der Waals surface area (Å²) in [6.45, 7) is 0.785. The molecular weight excluding hydrogens is 312 g/mol. The Bertz CT molecular complexity index is 740. The minimum absolute atomic E-state index is 0.258. The van der Waals surface area contributed by atoms with E-state index in [4.69, 9.17) is 10.00 Å². The first kappa shape index (κ1) is 15.5. The molecule has 0 spiro atoms. The van der Waals surface area contributed by atoms with Crippen LogP contribution in [0.2, 0.25) is 0 Å². The number of benzene rings is 1. The first-order valence-corrected chi connectivity index (χ1v) is 8.01. The van der Waals surface area contributed by atoms with Crippen LogP contribution >= 0.6 is 11.3 Å². The van der Waals surface area contributed by atoms with E-state index >= 15 is 0 Å². The molecule has 0 bridgehead atoms. The van der Waals surface area contributed by atoms with Crippen LogP contribution in [0.5, 0.6) is 0 Å². The van der Waals surface area contributed by atoms with Gasteiger partial charge in [0.15, 0.2) is 16.9 Å². The van der Waals surface area contributed by atoms with Crippen LogP contribution in [0, 0.1) is 11.5 Å². The number of rotatable bonds is 4. The van der Waals surface area contributed by atoms with Crippen LogP contribution < -0.4 is 5.32 Å². The van der Waals surface area contributed by atoms with E-state index in [9.17, 15) is 4.79 Å². The van der Waals surface area contributed by atoms with Gasteiger partial charge in [-0.3, -0.25) is 10.1 Å². The number of nitrogens with zero attached hydrogens (tertiary/aromatic N) is 3. The number of anilines is 1. The maximum atomic E-state index is 12.6. The summed E-state index contributed by atoms with van der Waals surface area (Å²) < 4.78 is 5.43. The first-order chi connectivity index (χ1) is 11.2. The molecule has 6 nitrogen and oxygen atoms in total. The molecule has 3 rings (SSSR count). The number of aromatic nitrogens is 1. The molecule has 0 saturated carbocycles. The quantitative estimate of drug-likeness (QED) is 0.872. The normalized spacial score (nSPS) is 20.3. The van der Waals surface area contributed by atoms with Crippen molar-refractivity contribution in [2.75, 3.05) is 25.5 Å². The number of thiazole rings is 1. The highest BCUT2D eigenvalue weighted by atomic mass is 32.1. The third kappa shape index (κ3) is 3.04. The van der Waals surface area contributed by atoms with Crippen LogP contribution in [-0.2, 0) is 9.53 Å². The van der Waals surface area contributed by atoms with Crippen molar-refractivity contribution in [1.29, 1.82) is 5.26 Å². The van der Waals surface area contributed by atoms with Crippen molar-refractivity contribution in [3.63, 3.8) is 0 Å². The summed E-state index contributed by atoms with van der Waals surface area (Å²) >= 11 is 1.41. The van der Waals surface area contributed by atoms with Gasteiger partial charge < -0.3 is 9.64 Å². The molecule has 1 unspecified atom stereocenters. The van der Waals surface area contributed by atoms with E-state index < -0.39 is 5.60 Å². The minimum Gasteiger partial charge on any atom is -0.366 e. The van der Waals surface area contributed by atoms with Gasteiger partial charge in [0.25, 0.3) is 5.91 Å². The van der Waals surface area contributed by atoms with E-state index in [1.54, 1.807) is 6.20 Å². The molecule has 1 saturated heterocycles. The van der Waals surface area contributed by atoms with Gasteiger partial charge in [-0.25, -0.2) is 4.98 Å². The molecule has 1 atom stereocenters. The molecule has 0 aliphatic carbocycles. The predicted octanol–water partition coefficient (Wildman–Crippen LogP) is 2.32. The van der Waals surface area contributed by atoms with Gasteiger partial charge in [-0.2, -0.15) is 5.26 Å². The fraction of sp³-hybridized carbons (Fsp3) is 0.312. The van der Waals surface area contributed by atoms with Crippen LogP contribution in [0.25, 0.3) is 10.4 Å². The molecule has 1 aliphatic heterocycles. The van der Waals surface area contributed by atoms with Gasteiger partial charge in [-0.05, 0) is 5.56 Å². The summed E-state index contributed by atoms with van der Waals surface area (Å²) in [5.74, 6) is -0.258. The molecule has 1 aromatic heterocycles. The van der Waals surface area contributed by atoms with Gasteiger partial charge in [0.05, 0.1) is 11.4 Å². The van der Waals surface area contributed by atoms with Crippen LogP contribution in [0.3, 0.4) is 0 Å². The number of hydrogen-bond acceptors (Lipinski definition) is 6. The number of carbonyl (C=O) groups is 1. The third-order valence-corrected chi connectivity index (χ3v) is 4.92. The Kier molecular flexibility index (Phi) is 4.28. The van der Waals surface area contributed by atoms with Gasteiger partial charge in [-0.1, -0.05) is 41.7 Å². The van der Waals surface area contributed by atoms with Crippen LogP contribution in [0.15, 0.2) is 36.5 Å². The zero-order valence-corrected chi connectivity index (χ0v) is 13.5. The SMILES string of the molecule is COC1(C(=O)Nc2ncc(-c3ccccc3)s2)CCN(C#N)C1. The molecular formula is C16H16N4O2S. The number of methoxy groups -OCH3 is 1. The topological polar surface area (TPSA) is 78.2 Å². The number of carbonyl (C=O) groups excluding carboxylic acids is 1. The van der Waals surface area contributed by atoms with Crippen molar-refractivity contribution in [3.05, 3.63) is 36.5 Å². The van der Waals surface area contributed by atoms with Crippen molar-refractivity contribution in [1.82, 2.24) is 9.88 Å². The van der Waals surface area contributed by atoms with Crippen LogP contribution in [0.4, 0.5) is 5.13 Å². The van der Waals surface area contributed by atoms with Crippen LogP contribution in [-0.4, -0.2) is 41.6 Å². The van der Waals surface area contributed by atoms with Crippen molar-refractivity contribution < 1.29 is 9.53 Å². The maximum absolute atomic E-state index is 12.6. The lowest BCUT2D eigenvalue weighted by molar-refractivity contribution is -0.136. The van der Waals surface area contributed by atoms with Gasteiger partial charge in [-0.15, -0.1) is 0 Å². The molecule has 23 heavy (non-hydrogen) atoms. The average molecular weight is 328 g/mol. The zero-order valence-electron chi connectivity index (χ0n) is 12.7. The Balaban J connectivity index is 1.74. The summed E-state index contributed by atoms with van der Waals surface area (Å²) in [5.41, 5.74) is 0.0670. The molecule has 1 amide bonds. The van der Waals surface area contributed by atoms with E-state index in [1.807, 2.05) is 30.3 Å². The lowest BCUT2D eigenvalue weighted by atomic mass is 10.0. The van der Waals surface area contributed by atoms with Crippen molar-refractivity contribution >= 4 is 22.4 Å². The number of nitrogens with one attached hydrogen (secondary N) is 1. The molecule has 0 radical (unpaired) electrons. The van der Waals surface area contributed by atoms with E-state index in [-0.39, 0.29) is 12.5 Å². The lowest BCUT2D eigenvalue weighted by Crippen LogP contribution is -2.46. The van der Waals surface area contributed by atoms with Crippen LogP contribution in [0.1, 0.15) is 6.42 Å². The molecule has 1 aromatic carbocycles. The highest BCUT2D eigenvalue weighted by molar-refractivity contribution is 7.19. The molecule has 1 N–H and O–H groups in total. The number of likely N-dealkylation sites (tertiary alicyclic amines) is 1. The van der Waals surface area contributed by atoms with E-state index in [2.05, 4.69) is 16.5 Å². The smallest absolute Gasteiger partial charge is 0.260 e. The molecule has 2 aromatic rings. The number of amides is 1. The summed E-state index contributed by atoms with van der Waals surface area (Å²) in [5, 5.41) is 12.3. The number of ether oxygens (including phenoxy) is 1. The molecule has 1 aliphatic rings.